The second-order valence-corrected chi connectivity index (χ2v) is 4.04. The van der Waals surface area contributed by atoms with Gasteiger partial charge in [0, 0.05) is 16.7 Å². The summed E-state index contributed by atoms with van der Waals surface area (Å²) in [7, 11) is 0. The highest BCUT2D eigenvalue weighted by Gasteiger charge is 2.01. The molecular formula is C9H11BrN2O3. The van der Waals surface area contributed by atoms with Gasteiger partial charge in [-0.15, -0.1) is 0 Å². The summed E-state index contributed by atoms with van der Waals surface area (Å²) in [6, 6.07) is 1.27. The lowest BCUT2D eigenvalue weighted by atomic mass is 10.3. The van der Waals surface area contributed by atoms with Crippen molar-refractivity contribution >= 4 is 15.9 Å². The van der Waals surface area contributed by atoms with E-state index in [4.69, 9.17) is 5.11 Å². The van der Waals surface area contributed by atoms with Crippen molar-refractivity contribution in [2.75, 3.05) is 6.61 Å². The minimum absolute atomic E-state index is 0.0707. The zero-order valence-electron chi connectivity index (χ0n) is 8.16. The summed E-state index contributed by atoms with van der Waals surface area (Å²) < 4.78 is 2.06. The van der Waals surface area contributed by atoms with Gasteiger partial charge in [-0.1, -0.05) is 15.9 Å². The van der Waals surface area contributed by atoms with Crippen LogP contribution in [0, 0.1) is 0 Å². The second kappa shape index (κ2) is 5.09. The van der Waals surface area contributed by atoms with Gasteiger partial charge in [0.05, 0.1) is 13.2 Å². The lowest BCUT2D eigenvalue weighted by Gasteiger charge is -2.05. The third-order valence-electron chi connectivity index (χ3n) is 1.91. The Morgan fingerprint density at radius 1 is 1.60 bits per heavy atom. The Kier molecular flexibility index (Phi) is 4.05. The van der Waals surface area contributed by atoms with Crippen LogP contribution in [-0.2, 0) is 6.54 Å². The molecule has 5 nitrogen and oxygen atoms in total. The summed E-state index contributed by atoms with van der Waals surface area (Å²) in [6.45, 7) is 1.97. The number of hydrogen-bond acceptors (Lipinski definition) is 3. The smallest absolute Gasteiger partial charge is 0.328 e. The Morgan fingerprint density at radius 3 is 2.80 bits per heavy atom. The maximum atomic E-state index is 11.3. The van der Waals surface area contributed by atoms with Crippen LogP contribution in [0.2, 0.25) is 0 Å². The topological polar surface area (TPSA) is 75.1 Å². The van der Waals surface area contributed by atoms with Crippen molar-refractivity contribution in [2.45, 2.75) is 13.5 Å². The van der Waals surface area contributed by atoms with Gasteiger partial charge in [0.25, 0.3) is 5.56 Å². The van der Waals surface area contributed by atoms with Crippen molar-refractivity contribution in [1.82, 2.24) is 9.55 Å². The van der Waals surface area contributed by atoms with Crippen LogP contribution in [0.15, 0.2) is 31.9 Å². The maximum Gasteiger partial charge on any atom is 0.328 e. The average molecular weight is 275 g/mol. The lowest BCUT2D eigenvalue weighted by molar-refractivity contribution is 0.330. The highest BCUT2D eigenvalue weighted by Crippen LogP contribution is 2.12. The summed E-state index contributed by atoms with van der Waals surface area (Å²) in [6.07, 6.45) is 1.41. The zero-order chi connectivity index (χ0) is 11.4. The van der Waals surface area contributed by atoms with E-state index in [1.165, 1.54) is 16.8 Å². The molecule has 1 aromatic heterocycles. The van der Waals surface area contributed by atoms with E-state index in [2.05, 4.69) is 20.9 Å². The molecule has 0 aliphatic heterocycles. The van der Waals surface area contributed by atoms with E-state index in [1.54, 1.807) is 6.92 Å². The molecule has 0 aromatic carbocycles. The first kappa shape index (κ1) is 11.9. The van der Waals surface area contributed by atoms with Crippen LogP contribution in [0.4, 0.5) is 0 Å². The largest absolute Gasteiger partial charge is 0.392 e. The van der Waals surface area contributed by atoms with Gasteiger partial charge in [-0.3, -0.25) is 14.3 Å². The predicted octanol–water partition coefficient (Wildman–Crippen LogP) is 0.198. The third-order valence-corrected chi connectivity index (χ3v) is 2.83. The number of halogens is 1. The molecule has 0 amide bonds. The van der Waals surface area contributed by atoms with Gasteiger partial charge in [0.15, 0.2) is 0 Å². The normalized spacial score (nSPS) is 12.5. The van der Waals surface area contributed by atoms with Crippen LogP contribution >= 0.6 is 15.9 Å². The van der Waals surface area contributed by atoms with Crippen molar-refractivity contribution in [3.63, 3.8) is 0 Å². The van der Waals surface area contributed by atoms with Crippen molar-refractivity contribution in [3.8, 4) is 0 Å². The summed E-state index contributed by atoms with van der Waals surface area (Å²) in [4.78, 5) is 24.2. The molecule has 1 rings (SSSR count). The molecule has 0 unspecified atom stereocenters. The van der Waals surface area contributed by atoms with Gasteiger partial charge >= 0.3 is 5.69 Å². The average Bonchev–Trinajstić information content (AvgIpc) is 2.20. The van der Waals surface area contributed by atoms with E-state index in [1.807, 2.05) is 0 Å². The highest BCUT2D eigenvalue weighted by molar-refractivity contribution is 9.11. The van der Waals surface area contributed by atoms with E-state index in [-0.39, 0.29) is 6.61 Å². The first-order valence-corrected chi connectivity index (χ1v) is 5.08. The van der Waals surface area contributed by atoms with Crippen LogP contribution in [0.25, 0.3) is 0 Å². The Morgan fingerprint density at radius 2 is 2.27 bits per heavy atom. The Hall–Kier alpha value is -1.14. The first-order valence-electron chi connectivity index (χ1n) is 4.29. The number of rotatable bonds is 3. The van der Waals surface area contributed by atoms with Gasteiger partial charge in [-0.05, 0) is 12.5 Å². The number of aliphatic hydroxyl groups is 1. The lowest BCUT2D eigenvalue weighted by Crippen LogP contribution is -2.28. The van der Waals surface area contributed by atoms with Crippen LogP contribution in [0.5, 0.6) is 0 Å². The third kappa shape index (κ3) is 3.17. The monoisotopic (exact) mass is 274 g/mol. The number of aromatic nitrogens is 2. The number of allylic oxidation sites excluding steroid dienone is 1. The van der Waals surface area contributed by atoms with E-state index in [0.29, 0.717) is 6.54 Å². The van der Waals surface area contributed by atoms with Crippen LogP contribution < -0.4 is 11.2 Å². The molecule has 2 N–H and O–H groups in total. The van der Waals surface area contributed by atoms with Crippen LogP contribution in [-0.4, -0.2) is 21.3 Å². The van der Waals surface area contributed by atoms with E-state index in [0.717, 1.165) is 10.1 Å². The van der Waals surface area contributed by atoms with Gasteiger partial charge in [-0.25, -0.2) is 4.79 Å². The number of nitrogens with one attached hydrogen (secondary N) is 1. The minimum atomic E-state index is -0.467. The van der Waals surface area contributed by atoms with Gasteiger partial charge in [-0.2, -0.15) is 0 Å². The molecule has 0 saturated heterocycles. The molecule has 15 heavy (non-hydrogen) atoms. The van der Waals surface area contributed by atoms with Crippen LogP contribution in [0.3, 0.4) is 0 Å². The van der Waals surface area contributed by atoms with Crippen molar-refractivity contribution < 1.29 is 5.11 Å². The number of nitrogens with zero attached hydrogens (tertiary/aromatic N) is 1. The fourth-order valence-electron chi connectivity index (χ4n) is 0.939. The summed E-state index contributed by atoms with van der Waals surface area (Å²) >= 11 is 3.26. The summed E-state index contributed by atoms with van der Waals surface area (Å²) in [5.41, 5.74) is -0.145. The van der Waals surface area contributed by atoms with Gasteiger partial charge in [0.1, 0.15) is 0 Å². The van der Waals surface area contributed by atoms with Crippen molar-refractivity contribution in [2.24, 2.45) is 0 Å². The maximum absolute atomic E-state index is 11.3. The molecule has 82 valence electrons. The Balaban J connectivity index is 3.01. The van der Waals surface area contributed by atoms with Gasteiger partial charge in [0.2, 0.25) is 0 Å². The van der Waals surface area contributed by atoms with Crippen LogP contribution in [0.1, 0.15) is 6.92 Å². The van der Waals surface area contributed by atoms with E-state index < -0.39 is 11.2 Å². The molecule has 6 heteroatoms. The molecule has 0 aliphatic rings. The molecule has 0 aliphatic carbocycles. The summed E-state index contributed by atoms with van der Waals surface area (Å²) in [5.74, 6) is 0. The Labute approximate surface area is 94.2 Å². The molecule has 0 bridgehead atoms. The Bertz CT molecular complexity index is 487. The highest BCUT2D eigenvalue weighted by atomic mass is 79.9. The number of aromatic amines is 1. The molecule has 0 saturated carbocycles. The minimum Gasteiger partial charge on any atom is -0.392 e. The molecule has 1 heterocycles. The number of aliphatic hydroxyl groups excluding tert-OH is 1. The van der Waals surface area contributed by atoms with Gasteiger partial charge < -0.3 is 5.11 Å². The molecule has 0 fully saturated rings. The first-order chi connectivity index (χ1) is 7.04. The molecule has 0 atom stereocenters. The van der Waals surface area contributed by atoms with E-state index in [9.17, 15) is 9.59 Å². The van der Waals surface area contributed by atoms with Crippen molar-refractivity contribution in [3.05, 3.63) is 43.2 Å². The molecule has 0 spiro atoms. The molecule has 1 aromatic rings. The second-order valence-electron chi connectivity index (χ2n) is 3.08. The van der Waals surface area contributed by atoms with Crippen molar-refractivity contribution in [1.29, 1.82) is 0 Å². The quantitative estimate of drug-likeness (QED) is 0.827. The fraction of sp³-hybridized carbons (Fsp3) is 0.333. The predicted molar refractivity (Wildman–Crippen MR) is 60.0 cm³/mol. The summed E-state index contributed by atoms with van der Waals surface area (Å²) in [5, 5.41) is 8.86. The SMILES string of the molecule is C/C(CO)=C(\Br)Cn1ccc(=O)[nH]c1=O. The number of hydrogen-bond donors (Lipinski definition) is 2. The standard InChI is InChI=1S/C9H11BrN2O3/c1-6(5-13)7(10)4-12-3-2-8(14)11-9(12)15/h2-3,13H,4-5H2,1H3,(H,11,14,15)/b7-6+. The number of H-pyrrole nitrogens is 1. The fourth-order valence-corrected chi connectivity index (χ4v) is 1.33. The zero-order valence-corrected chi connectivity index (χ0v) is 9.74. The van der Waals surface area contributed by atoms with E-state index >= 15 is 0 Å². The molecular weight excluding hydrogens is 264 g/mol. The molecule has 0 radical (unpaired) electrons.